The lowest BCUT2D eigenvalue weighted by Gasteiger charge is -2.31. The zero-order valence-electron chi connectivity index (χ0n) is 48.5. The van der Waals surface area contributed by atoms with Crippen molar-refractivity contribution >= 4 is 87.2 Å². The second kappa shape index (κ2) is 18.6. The highest BCUT2D eigenvalue weighted by atomic mass is 15.1. The fraction of sp³-hybridized carbons (Fsp3) is 0.103. The summed E-state index contributed by atoms with van der Waals surface area (Å²) in [7, 11) is 0. The van der Waals surface area contributed by atoms with Gasteiger partial charge in [0.1, 0.15) is 0 Å². The van der Waals surface area contributed by atoms with Crippen LogP contribution in [0.25, 0.3) is 144 Å². The first-order valence-corrected chi connectivity index (χ1v) is 29.2. The molecular formula is C78H60N6. The summed E-state index contributed by atoms with van der Waals surface area (Å²) in [5, 5.41) is 9.53. The van der Waals surface area contributed by atoms with Crippen LogP contribution in [0.2, 0.25) is 0 Å². The minimum Gasteiger partial charge on any atom is -0.306 e. The SMILES string of the molecule is Cc1ccc2c(c1)c1cc(C)ccc1n2-c1c(-c2cccnc2)c(-n2c3ccc(C)cc3c3cc(C)ccc32)c(-n2c3ccc(C)cc3c3cc(C)ccc32)c(-c2cccc(-c3ccccc3)n2)c1-n1c2ccc(C)cc2c2cc(C)ccc21. The summed E-state index contributed by atoms with van der Waals surface area (Å²) >= 11 is 0. The van der Waals surface area contributed by atoms with Crippen LogP contribution in [0.3, 0.4) is 0 Å². The summed E-state index contributed by atoms with van der Waals surface area (Å²) in [5.41, 5.74) is 28.2. The topological polar surface area (TPSA) is 45.5 Å². The number of aryl methyl sites for hydroxylation is 8. The summed E-state index contributed by atoms with van der Waals surface area (Å²) < 4.78 is 10.4. The Balaban J connectivity index is 1.30. The molecule has 10 aromatic carbocycles. The lowest BCUT2D eigenvalue weighted by Crippen LogP contribution is -2.16. The first-order chi connectivity index (χ1) is 40.9. The van der Waals surface area contributed by atoms with E-state index in [1.807, 2.05) is 6.20 Å². The van der Waals surface area contributed by atoms with Gasteiger partial charge in [0.2, 0.25) is 0 Å². The molecule has 6 aromatic heterocycles. The minimum atomic E-state index is 0.838. The van der Waals surface area contributed by atoms with Gasteiger partial charge in [-0.15, -0.1) is 0 Å². The molecule has 402 valence electrons. The van der Waals surface area contributed by atoms with Gasteiger partial charge in [0, 0.05) is 72.2 Å². The average Bonchev–Trinajstić information content (AvgIpc) is 1.42. The van der Waals surface area contributed by atoms with E-state index in [0.29, 0.717) is 0 Å². The second-order valence-corrected chi connectivity index (χ2v) is 23.7. The Bertz CT molecular complexity index is 4940. The fourth-order valence-electron chi connectivity index (χ4n) is 13.9. The van der Waals surface area contributed by atoms with E-state index in [1.54, 1.807) is 0 Å². The molecule has 6 heterocycles. The lowest BCUT2D eigenvalue weighted by atomic mass is 9.92. The van der Waals surface area contributed by atoms with Crippen LogP contribution in [-0.4, -0.2) is 28.2 Å². The standard InChI is InChI=1S/C78H60N6/c1-45-19-27-65-55(36-45)56-37-46(2)20-28-66(56)81(65)75-73(54-16-13-35-79-44-54)76(82-67-29-21-47(3)38-57(67)58-39-48(4)22-30-68(58)82)78(84-71-33-25-51(7)42-61(71)62-43-52(8)26-34-72(62)84)74(64-18-12-17-63(80-64)53-14-10-9-11-15-53)77(75)83-69-31-23-49(5)40-59(69)60-41-50(6)24-32-70(60)83/h9-44H,1-8H3. The Morgan fingerprint density at radius 1 is 0.250 bits per heavy atom. The van der Waals surface area contributed by atoms with Gasteiger partial charge >= 0.3 is 0 Å². The van der Waals surface area contributed by atoms with Crippen molar-refractivity contribution in [3.63, 3.8) is 0 Å². The van der Waals surface area contributed by atoms with Gasteiger partial charge < -0.3 is 18.3 Å². The monoisotopic (exact) mass is 1080 g/mol. The van der Waals surface area contributed by atoms with E-state index in [2.05, 4.69) is 286 Å². The molecule has 16 rings (SSSR count). The molecule has 0 amide bonds. The Hall–Kier alpha value is -10.3. The normalized spacial score (nSPS) is 12.0. The van der Waals surface area contributed by atoms with Crippen LogP contribution in [0, 0.1) is 55.4 Å². The van der Waals surface area contributed by atoms with Gasteiger partial charge in [0.15, 0.2) is 0 Å². The predicted octanol–water partition coefficient (Wildman–Crippen LogP) is 20.3. The first-order valence-electron chi connectivity index (χ1n) is 29.2. The van der Waals surface area contributed by atoms with Crippen molar-refractivity contribution in [2.45, 2.75) is 55.4 Å². The van der Waals surface area contributed by atoms with Gasteiger partial charge in [-0.25, -0.2) is 4.98 Å². The van der Waals surface area contributed by atoms with Crippen LogP contribution >= 0.6 is 0 Å². The van der Waals surface area contributed by atoms with E-state index in [4.69, 9.17) is 9.97 Å². The molecule has 6 heteroatoms. The van der Waals surface area contributed by atoms with Gasteiger partial charge in [-0.2, -0.15) is 0 Å². The van der Waals surface area contributed by atoms with E-state index in [9.17, 15) is 0 Å². The van der Waals surface area contributed by atoms with Crippen molar-refractivity contribution in [2.75, 3.05) is 0 Å². The molecule has 0 N–H and O–H groups in total. The van der Waals surface area contributed by atoms with E-state index in [0.717, 1.165) is 101 Å². The molecule has 0 unspecified atom stereocenters. The lowest BCUT2D eigenvalue weighted by molar-refractivity contribution is 1.04. The van der Waals surface area contributed by atoms with Crippen molar-refractivity contribution < 1.29 is 0 Å². The zero-order chi connectivity index (χ0) is 56.8. The molecule has 16 aromatic rings. The molecule has 0 bridgehead atoms. The average molecular weight is 1080 g/mol. The van der Waals surface area contributed by atoms with E-state index in [-0.39, 0.29) is 0 Å². The number of pyridine rings is 2. The third-order valence-corrected chi connectivity index (χ3v) is 17.6. The number of benzene rings is 10. The van der Waals surface area contributed by atoms with Crippen molar-refractivity contribution in [2.24, 2.45) is 0 Å². The van der Waals surface area contributed by atoms with Crippen LogP contribution in [0.15, 0.2) is 219 Å². The number of aromatic nitrogens is 6. The van der Waals surface area contributed by atoms with Gasteiger partial charge in [0.25, 0.3) is 0 Å². The first kappa shape index (κ1) is 49.5. The van der Waals surface area contributed by atoms with Crippen LogP contribution < -0.4 is 0 Å². The molecule has 0 spiro atoms. The molecule has 0 aliphatic carbocycles. The largest absolute Gasteiger partial charge is 0.306 e. The second-order valence-electron chi connectivity index (χ2n) is 23.7. The van der Waals surface area contributed by atoms with Gasteiger partial charge in [-0.05, 0) is 171 Å². The summed E-state index contributed by atoms with van der Waals surface area (Å²) in [5.74, 6) is 0. The van der Waals surface area contributed by atoms with E-state index in [1.165, 1.54) is 87.6 Å². The molecule has 0 saturated carbocycles. The molecule has 6 nitrogen and oxygen atoms in total. The third-order valence-electron chi connectivity index (χ3n) is 17.6. The van der Waals surface area contributed by atoms with Crippen molar-refractivity contribution in [3.05, 3.63) is 263 Å². The number of rotatable bonds is 7. The molecule has 0 aliphatic rings. The highest BCUT2D eigenvalue weighted by Gasteiger charge is 2.36. The van der Waals surface area contributed by atoms with E-state index < -0.39 is 0 Å². The van der Waals surface area contributed by atoms with Gasteiger partial charge in [-0.1, -0.05) is 136 Å². The van der Waals surface area contributed by atoms with E-state index >= 15 is 0 Å². The summed E-state index contributed by atoms with van der Waals surface area (Å²) in [6.45, 7) is 17.7. The minimum absolute atomic E-state index is 0.838. The Morgan fingerprint density at radius 2 is 0.536 bits per heavy atom. The van der Waals surface area contributed by atoms with Crippen LogP contribution in [0.1, 0.15) is 44.5 Å². The number of hydrogen-bond donors (Lipinski definition) is 0. The number of hydrogen-bond acceptors (Lipinski definition) is 2. The zero-order valence-corrected chi connectivity index (χ0v) is 48.5. The molecule has 84 heavy (non-hydrogen) atoms. The highest BCUT2D eigenvalue weighted by Crippen LogP contribution is 2.55. The summed E-state index contributed by atoms with van der Waals surface area (Å²) in [4.78, 5) is 11.1. The van der Waals surface area contributed by atoms with Gasteiger partial charge in [-0.3, -0.25) is 4.98 Å². The quantitative estimate of drug-likeness (QED) is 0.160. The maximum absolute atomic E-state index is 6.02. The molecule has 0 aliphatic heterocycles. The number of fused-ring (bicyclic) bond motifs is 12. The van der Waals surface area contributed by atoms with Crippen molar-refractivity contribution in [1.29, 1.82) is 0 Å². The van der Waals surface area contributed by atoms with Crippen LogP contribution in [-0.2, 0) is 0 Å². The molecule has 0 saturated heterocycles. The van der Waals surface area contributed by atoms with Gasteiger partial charge in [0.05, 0.1) is 83.8 Å². The molecule has 0 fully saturated rings. The Kier molecular flexibility index (Phi) is 11.0. The van der Waals surface area contributed by atoms with Crippen LogP contribution in [0.4, 0.5) is 0 Å². The molecular weight excluding hydrogens is 1020 g/mol. The van der Waals surface area contributed by atoms with Crippen LogP contribution in [0.5, 0.6) is 0 Å². The highest BCUT2D eigenvalue weighted by molar-refractivity contribution is 6.19. The maximum atomic E-state index is 6.02. The molecule has 0 atom stereocenters. The van der Waals surface area contributed by atoms with Crippen molar-refractivity contribution in [3.8, 4) is 56.4 Å². The van der Waals surface area contributed by atoms with Crippen molar-refractivity contribution in [1.82, 2.24) is 28.2 Å². The number of nitrogens with zero attached hydrogens (tertiary/aromatic N) is 6. The molecule has 0 radical (unpaired) electrons. The predicted molar refractivity (Wildman–Crippen MR) is 354 cm³/mol. The summed E-state index contributed by atoms with van der Waals surface area (Å²) in [6, 6.07) is 77.7. The smallest absolute Gasteiger partial charge is 0.0827 e. The third kappa shape index (κ3) is 7.43. The Labute approximate surface area is 487 Å². The fourth-order valence-corrected chi connectivity index (χ4v) is 13.9. The Morgan fingerprint density at radius 3 is 0.833 bits per heavy atom. The summed E-state index contributed by atoms with van der Waals surface area (Å²) in [6.07, 6.45) is 4.00. The maximum Gasteiger partial charge on any atom is 0.0827 e.